The molecule has 0 atom stereocenters. The predicted molar refractivity (Wildman–Crippen MR) is 77.8 cm³/mol. The summed E-state index contributed by atoms with van der Waals surface area (Å²) in [4.78, 5) is 11.7. The predicted octanol–water partition coefficient (Wildman–Crippen LogP) is 2.17. The van der Waals surface area contributed by atoms with Crippen molar-refractivity contribution in [3.8, 4) is 0 Å². The molecular formula is C14H12N6. The number of para-hydroxylation sites is 1. The molecule has 4 rings (SSSR count). The number of H-pyrrole nitrogens is 1. The molecular weight excluding hydrogens is 252 g/mol. The molecule has 1 aromatic carbocycles. The second-order valence-electron chi connectivity index (χ2n) is 4.11. The first kappa shape index (κ1) is 12.0. The molecule has 6 nitrogen and oxygen atoms in total. The first-order valence-electron chi connectivity index (χ1n) is 6.03. The second-order valence-corrected chi connectivity index (χ2v) is 4.11. The quantitative estimate of drug-likeness (QED) is 0.507. The van der Waals surface area contributed by atoms with Crippen molar-refractivity contribution in [3.63, 3.8) is 0 Å². The van der Waals surface area contributed by atoms with Gasteiger partial charge in [-0.3, -0.25) is 10.1 Å². The number of benzene rings is 1. The minimum absolute atomic E-state index is 0.498. The third-order valence-electron chi connectivity index (χ3n) is 2.82. The van der Waals surface area contributed by atoms with Crippen LogP contribution in [0.2, 0.25) is 0 Å². The van der Waals surface area contributed by atoms with Gasteiger partial charge in [0.25, 0.3) is 0 Å². The van der Waals surface area contributed by atoms with Crippen molar-refractivity contribution in [1.29, 1.82) is 0 Å². The fourth-order valence-electron chi connectivity index (χ4n) is 1.81. The van der Waals surface area contributed by atoms with Gasteiger partial charge in [0.15, 0.2) is 0 Å². The van der Waals surface area contributed by atoms with Gasteiger partial charge >= 0.3 is 0 Å². The lowest BCUT2D eigenvalue weighted by molar-refractivity contribution is 1.12. The van der Waals surface area contributed by atoms with E-state index >= 15 is 0 Å². The van der Waals surface area contributed by atoms with E-state index in [0.29, 0.717) is 5.82 Å². The number of anilines is 1. The van der Waals surface area contributed by atoms with Crippen LogP contribution < -0.4 is 5.73 Å². The molecule has 3 N–H and O–H groups in total. The Kier molecular flexibility index (Phi) is 3.20. The van der Waals surface area contributed by atoms with E-state index in [0.717, 1.165) is 21.8 Å². The van der Waals surface area contributed by atoms with Crippen LogP contribution in [0.4, 0.5) is 5.82 Å². The lowest BCUT2D eigenvalue weighted by Crippen LogP contribution is -1.92. The molecule has 98 valence electrons. The number of nitrogens with two attached hydrogens (primary N) is 1. The monoisotopic (exact) mass is 264 g/mol. The van der Waals surface area contributed by atoms with Gasteiger partial charge in [-0.15, -0.1) is 0 Å². The van der Waals surface area contributed by atoms with Crippen molar-refractivity contribution in [2.24, 2.45) is 0 Å². The molecule has 0 saturated heterocycles. The van der Waals surface area contributed by atoms with E-state index in [4.69, 9.17) is 5.73 Å². The zero-order valence-corrected chi connectivity index (χ0v) is 10.6. The Morgan fingerprint density at radius 2 is 1.90 bits per heavy atom. The zero-order chi connectivity index (χ0) is 13.8. The smallest absolute Gasteiger partial charge is 0.134 e. The highest BCUT2D eigenvalue weighted by molar-refractivity contribution is 5.86. The number of aromatic nitrogens is 5. The molecule has 0 saturated carbocycles. The van der Waals surface area contributed by atoms with E-state index in [1.54, 1.807) is 18.5 Å². The number of pyridine rings is 1. The van der Waals surface area contributed by atoms with Gasteiger partial charge in [-0.1, -0.05) is 18.2 Å². The highest BCUT2D eigenvalue weighted by atomic mass is 15.1. The number of fused-ring (bicyclic) bond motifs is 2. The fourth-order valence-corrected chi connectivity index (χ4v) is 1.81. The third-order valence-corrected chi connectivity index (χ3v) is 2.82. The van der Waals surface area contributed by atoms with Crippen LogP contribution in [-0.4, -0.2) is 25.1 Å². The van der Waals surface area contributed by atoms with E-state index in [1.807, 2.05) is 30.5 Å². The molecule has 0 spiro atoms. The summed E-state index contributed by atoms with van der Waals surface area (Å²) in [6, 6.07) is 9.81. The largest absolute Gasteiger partial charge is 0.383 e. The lowest BCUT2D eigenvalue weighted by Gasteiger charge is -1.96. The molecule has 6 heteroatoms. The van der Waals surface area contributed by atoms with Crippen LogP contribution in [-0.2, 0) is 0 Å². The molecule has 4 aromatic rings. The summed E-state index contributed by atoms with van der Waals surface area (Å²) >= 11 is 0. The first-order valence-corrected chi connectivity index (χ1v) is 6.03. The molecule has 0 aliphatic carbocycles. The summed E-state index contributed by atoms with van der Waals surface area (Å²) in [5.74, 6) is 0.498. The van der Waals surface area contributed by atoms with Gasteiger partial charge in [-0.25, -0.2) is 9.97 Å². The molecule has 3 heterocycles. The molecule has 0 amide bonds. The van der Waals surface area contributed by atoms with Crippen LogP contribution in [0.15, 0.2) is 55.2 Å². The standard InChI is InChI=1S/C7H6N4.C7H6N2/c8-7-5-1-2-9-3-6(5)10-4-11-7;1-2-4-7-6(3-1)5-8-9-7/h1-4H,(H2,8,10,11);1-5H,(H,8,9). The normalized spacial score (nSPS) is 10.2. The fraction of sp³-hybridized carbons (Fsp3) is 0. The number of rotatable bonds is 0. The van der Waals surface area contributed by atoms with E-state index < -0.39 is 0 Å². The Labute approximate surface area is 114 Å². The molecule has 0 radical (unpaired) electrons. The average Bonchev–Trinajstić information content (AvgIpc) is 2.97. The summed E-state index contributed by atoms with van der Waals surface area (Å²) in [5, 5.41) is 8.76. The van der Waals surface area contributed by atoms with Gasteiger partial charge in [0, 0.05) is 17.0 Å². The average molecular weight is 264 g/mol. The van der Waals surface area contributed by atoms with Crippen molar-refractivity contribution in [2.75, 3.05) is 5.73 Å². The van der Waals surface area contributed by atoms with Crippen molar-refractivity contribution < 1.29 is 0 Å². The number of hydrogen-bond donors (Lipinski definition) is 2. The van der Waals surface area contributed by atoms with Gasteiger partial charge < -0.3 is 5.73 Å². The van der Waals surface area contributed by atoms with Crippen molar-refractivity contribution in [3.05, 3.63) is 55.2 Å². The number of hydrogen-bond acceptors (Lipinski definition) is 5. The Bertz CT molecular complexity index is 803. The van der Waals surface area contributed by atoms with Crippen LogP contribution in [0.25, 0.3) is 21.8 Å². The van der Waals surface area contributed by atoms with E-state index in [1.165, 1.54) is 6.33 Å². The number of aromatic amines is 1. The summed E-state index contributed by atoms with van der Waals surface area (Å²) in [5.41, 5.74) is 7.45. The topological polar surface area (TPSA) is 93.4 Å². The first-order chi connectivity index (χ1) is 9.84. The van der Waals surface area contributed by atoms with Gasteiger partial charge in [-0.2, -0.15) is 5.10 Å². The van der Waals surface area contributed by atoms with Crippen molar-refractivity contribution >= 4 is 27.6 Å². The van der Waals surface area contributed by atoms with Gasteiger partial charge in [0.1, 0.15) is 12.1 Å². The Morgan fingerprint density at radius 3 is 2.75 bits per heavy atom. The van der Waals surface area contributed by atoms with Crippen LogP contribution in [0.1, 0.15) is 0 Å². The molecule has 0 unspecified atom stereocenters. The number of nitrogen functional groups attached to an aromatic ring is 1. The van der Waals surface area contributed by atoms with Gasteiger partial charge in [0.05, 0.1) is 23.4 Å². The third kappa shape index (κ3) is 2.39. The molecule has 0 bridgehead atoms. The summed E-state index contributed by atoms with van der Waals surface area (Å²) in [6.07, 6.45) is 6.57. The van der Waals surface area contributed by atoms with E-state index in [-0.39, 0.29) is 0 Å². The molecule has 0 fully saturated rings. The molecule has 20 heavy (non-hydrogen) atoms. The maximum Gasteiger partial charge on any atom is 0.134 e. The van der Waals surface area contributed by atoms with Crippen molar-refractivity contribution in [1.82, 2.24) is 25.1 Å². The summed E-state index contributed by atoms with van der Waals surface area (Å²) in [7, 11) is 0. The summed E-state index contributed by atoms with van der Waals surface area (Å²) < 4.78 is 0. The maximum atomic E-state index is 5.58. The zero-order valence-electron chi connectivity index (χ0n) is 10.6. The SMILES string of the molecule is Nc1ncnc2cnccc12.c1ccc2[nH]ncc2c1. The second kappa shape index (κ2) is 5.31. The number of nitrogens with zero attached hydrogens (tertiary/aromatic N) is 4. The highest BCUT2D eigenvalue weighted by Crippen LogP contribution is 2.12. The van der Waals surface area contributed by atoms with Gasteiger partial charge in [-0.05, 0) is 12.1 Å². The molecule has 0 aliphatic rings. The molecule has 3 aromatic heterocycles. The van der Waals surface area contributed by atoms with E-state index in [2.05, 4.69) is 25.1 Å². The van der Waals surface area contributed by atoms with E-state index in [9.17, 15) is 0 Å². The molecule has 0 aliphatic heterocycles. The lowest BCUT2D eigenvalue weighted by atomic mass is 10.3. The maximum absolute atomic E-state index is 5.58. The summed E-state index contributed by atoms with van der Waals surface area (Å²) in [6.45, 7) is 0. The van der Waals surface area contributed by atoms with Crippen LogP contribution >= 0.6 is 0 Å². The van der Waals surface area contributed by atoms with Crippen molar-refractivity contribution in [2.45, 2.75) is 0 Å². The Balaban J connectivity index is 0.000000123. The minimum atomic E-state index is 0.498. The van der Waals surface area contributed by atoms with Crippen LogP contribution in [0.3, 0.4) is 0 Å². The highest BCUT2D eigenvalue weighted by Gasteiger charge is 1.96. The Hall–Kier alpha value is -3.02. The Morgan fingerprint density at radius 1 is 1.00 bits per heavy atom. The van der Waals surface area contributed by atoms with Gasteiger partial charge in [0.2, 0.25) is 0 Å². The number of nitrogens with one attached hydrogen (secondary N) is 1. The van der Waals surface area contributed by atoms with Crippen LogP contribution in [0.5, 0.6) is 0 Å². The minimum Gasteiger partial charge on any atom is -0.383 e. The van der Waals surface area contributed by atoms with Crippen LogP contribution in [0, 0.1) is 0 Å².